The molecule has 11 rings (SSSR count). The Morgan fingerprint density at radius 2 is 1.09 bits per heavy atom. The van der Waals surface area contributed by atoms with E-state index in [1.807, 2.05) is 6.92 Å². The highest BCUT2D eigenvalue weighted by Crippen LogP contribution is 2.75. The van der Waals surface area contributed by atoms with Gasteiger partial charge in [-0.15, -0.1) is 0 Å². The van der Waals surface area contributed by atoms with Gasteiger partial charge in [-0.2, -0.15) is 0 Å². The van der Waals surface area contributed by atoms with E-state index in [1.54, 1.807) is 0 Å². The van der Waals surface area contributed by atoms with Crippen LogP contribution in [0.5, 0.6) is 0 Å². The molecule has 1 spiro atoms. The van der Waals surface area contributed by atoms with Crippen LogP contribution in [0.15, 0.2) is 11.6 Å². The summed E-state index contributed by atoms with van der Waals surface area (Å²) in [6, 6.07) is 0. The lowest BCUT2D eigenvalue weighted by Crippen LogP contribution is -2.67. The lowest BCUT2D eigenvalue weighted by Gasteiger charge is -2.63. The van der Waals surface area contributed by atoms with Crippen LogP contribution in [0.2, 0.25) is 0 Å². The third-order valence-electron chi connectivity index (χ3n) is 23.9. The minimum absolute atomic E-state index is 0.00621. The molecule has 0 amide bonds. The number of fused-ring (bicyclic) bond motifs is 4. The summed E-state index contributed by atoms with van der Waals surface area (Å²) in [6.07, 6.45) is -40.7. The van der Waals surface area contributed by atoms with E-state index in [4.69, 9.17) is 71.1 Å². The molecule has 7 aliphatic heterocycles. The second-order valence-corrected chi connectivity index (χ2v) is 29.9. The summed E-state index contributed by atoms with van der Waals surface area (Å²) in [5.41, 5.74) is -2.87. The first-order valence-electron chi connectivity index (χ1n) is 33.9. The Labute approximate surface area is 561 Å². The Kier molecular flexibility index (Phi) is 22.7. The zero-order valence-corrected chi connectivity index (χ0v) is 56.1. The van der Waals surface area contributed by atoms with E-state index in [2.05, 4.69) is 33.8 Å². The number of ketones is 2. The molecule has 0 bridgehead atoms. The number of hydrogen-bond donors (Lipinski definition) is 14. The lowest BCUT2D eigenvalue weighted by atomic mass is 9.41. The molecule has 14 N–H and O–H groups in total. The van der Waals surface area contributed by atoms with Crippen molar-refractivity contribution >= 4 is 17.5 Å². The number of ether oxygens (including phenoxy) is 15. The van der Waals surface area contributed by atoms with E-state index < -0.39 is 244 Å². The highest BCUT2D eigenvalue weighted by molar-refractivity contribution is 5.99. The van der Waals surface area contributed by atoms with Crippen LogP contribution in [-0.4, -0.2) is 320 Å². The quantitative estimate of drug-likeness (QED) is 0.0294. The van der Waals surface area contributed by atoms with Crippen molar-refractivity contribution < 1.29 is 157 Å². The lowest BCUT2D eigenvalue weighted by molar-refractivity contribution is -0.394. The Hall–Kier alpha value is -2.57. The van der Waals surface area contributed by atoms with Crippen molar-refractivity contribution in [1.29, 1.82) is 0 Å². The van der Waals surface area contributed by atoms with Gasteiger partial charge in [0.15, 0.2) is 37.7 Å². The number of cyclic esters (lactones) is 1. The molecule has 10 fully saturated rings. The maximum absolute atomic E-state index is 14.5. The van der Waals surface area contributed by atoms with Gasteiger partial charge >= 0.3 is 5.97 Å². The first-order valence-corrected chi connectivity index (χ1v) is 33.9. The summed E-state index contributed by atoms with van der Waals surface area (Å²) in [7, 11) is 2.38. The Balaban J connectivity index is 0.828. The third kappa shape index (κ3) is 13.1. The third-order valence-corrected chi connectivity index (χ3v) is 23.9. The molecule has 0 aromatic heterocycles. The molecule has 32 heteroatoms. The maximum Gasteiger partial charge on any atom is 0.314 e. The fraction of sp³-hybridized carbons (Fsp3) is 0.923. The second kappa shape index (κ2) is 29.2. The molecule has 32 nitrogen and oxygen atoms in total. The number of hydrogen-bond acceptors (Lipinski definition) is 32. The molecular weight excluding hydrogens is 1290 g/mol. The van der Waals surface area contributed by atoms with Gasteiger partial charge in [0.1, 0.15) is 145 Å². The van der Waals surface area contributed by atoms with E-state index in [0.717, 1.165) is 0 Å². The van der Waals surface area contributed by atoms with E-state index in [0.29, 0.717) is 51.4 Å². The molecule has 97 heavy (non-hydrogen) atoms. The molecule has 0 aromatic carbocycles. The number of aliphatic hydroxyl groups is 14. The number of carbonyl (C=O) groups excluding carboxylic acids is 3. The van der Waals surface area contributed by atoms with Crippen LogP contribution < -0.4 is 0 Å². The Morgan fingerprint density at radius 3 is 1.68 bits per heavy atom. The predicted molar refractivity (Wildman–Crippen MR) is 321 cm³/mol. The van der Waals surface area contributed by atoms with Crippen LogP contribution in [0.3, 0.4) is 0 Å². The molecule has 36 unspecified atom stereocenters. The van der Waals surface area contributed by atoms with Gasteiger partial charge in [-0.1, -0.05) is 39.3 Å². The standard InChI is InChI=1S/C65H102O32/c1-25(69)11-10-16-64(7)53-29(70)19-63(6)28-12-13-35-61(3,4)36(15-17-62(35,5)27(28)14-18-65(53,63)60(82)97-64)92-59-52(40(75)34(24-86-59)91-56-46(81)51(39(74)33(22-68)88-56)95-58-45(80)50(84-9)38(73)32(21-67)90-58)96-55-42(77)41(76)47(26(2)87-55)93-54-43(78)48(30(71)23-85-54)94-57-44(79)49(83-8)37(72)31(20-66)89-57/h14,26,28,30-59,66-68,71-81H,10-13,15-24H2,1-9H3. The van der Waals surface area contributed by atoms with Gasteiger partial charge in [-0.05, 0) is 93.8 Å². The number of esters is 1. The van der Waals surface area contributed by atoms with Crippen LogP contribution in [0, 0.1) is 39.4 Å². The van der Waals surface area contributed by atoms with Crippen LogP contribution in [0.1, 0.15) is 106 Å². The van der Waals surface area contributed by atoms with Crippen molar-refractivity contribution in [3.05, 3.63) is 11.6 Å². The van der Waals surface area contributed by atoms with E-state index in [1.165, 1.54) is 33.6 Å². The van der Waals surface area contributed by atoms with Gasteiger partial charge in [0.25, 0.3) is 0 Å². The predicted octanol–water partition coefficient (Wildman–Crippen LogP) is -4.25. The van der Waals surface area contributed by atoms with E-state index >= 15 is 0 Å². The largest absolute Gasteiger partial charge is 0.458 e. The topological polar surface area (TPSA) is 473 Å². The van der Waals surface area contributed by atoms with Gasteiger partial charge in [-0.3, -0.25) is 9.59 Å². The minimum atomic E-state index is -2.04. The van der Waals surface area contributed by atoms with E-state index in [-0.39, 0.29) is 35.8 Å². The minimum Gasteiger partial charge on any atom is -0.458 e. The SMILES string of the molecule is COC1C(O)C(CO)OC(OC2C(O)COC(OC3C(C)OC(OC4C(OC5CCC6(C)C7=CCC89C(=O)OC(C)(CCCC(C)=O)C8C(=O)CC9(C)C7CCC6C5(C)C)OCC(OC5OC(CO)C(O)C(OC6OC(CO)C(O)C(OC)C6O)C5O)C4O)C(O)C3O)C2O)C1O. The van der Waals surface area contributed by atoms with Crippen molar-refractivity contribution in [2.45, 2.75) is 290 Å². The molecule has 36 atom stereocenters. The van der Waals surface area contributed by atoms with Crippen molar-refractivity contribution in [3.63, 3.8) is 0 Å². The molecule has 4 aliphatic carbocycles. The zero-order valence-electron chi connectivity index (χ0n) is 56.1. The number of aliphatic hydroxyl groups excluding tert-OH is 14. The van der Waals surface area contributed by atoms with Crippen LogP contribution in [0.25, 0.3) is 0 Å². The normalized spacial score (nSPS) is 52.1. The summed E-state index contributed by atoms with van der Waals surface area (Å²) in [5.74, 6) is -1.25. The fourth-order valence-corrected chi connectivity index (χ4v) is 18.7. The van der Waals surface area contributed by atoms with Gasteiger partial charge in [0.2, 0.25) is 0 Å². The number of rotatable bonds is 21. The number of allylic oxidation sites excluding steroid dienone is 2. The van der Waals surface area contributed by atoms with Gasteiger partial charge in [0.05, 0.1) is 56.6 Å². The van der Waals surface area contributed by atoms with Crippen LogP contribution in [-0.2, 0) is 85.4 Å². The summed E-state index contributed by atoms with van der Waals surface area (Å²) in [6.45, 7) is 9.84. The first-order chi connectivity index (χ1) is 45.8. The maximum atomic E-state index is 14.5. The molecule has 554 valence electrons. The zero-order chi connectivity index (χ0) is 70.5. The van der Waals surface area contributed by atoms with Crippen molar-refractivity contribution in [2.75, 3.05) is 47.3 Å². The smallest absolute Gasteiger partial charge is 0.314 e. The van der Waals surface area contributed by atoms with Gasteiger partial charge in [0, 0.05) is 27.1 Å². The molecule has 0 aromatic rings. The van der Waals surface area contributed by atoms with Crippen LogP contribution >= 0.6 is 0 Å². The fourth-order valence-electron chi connectivity index (χ4n) is 18.7. The van der Waals surface area contributed by atoms with Gasteiger partial charge in [-0.25, -0.2) is 0 Å². The highest BCUT2D eigenvalue weighted by atomic mass is 16.8. The van der Waals surface area contributed by atoms with Gasteiger partial charge < -0.3 is 147 Å². The highest BCUT2D eigenvalue weighted by Gasteiger charge is 2.79. The average molecular weight is 1400 g/mol. The molecular formula is C65H102O32. The summed E-state index contributed by atoms with van der Waals surface area (Å²) < 4.78 is 89.7. The summed E-state index contributed by atoms with van der Waals surface area (Å²) in [4.78, 5) is 40.9. The summed E-state index contributed by atoms with van der Waals surface area (Å²) in [5, 5.41) is 156. The molecule has 0 radical (unpaired) electrons. The molecule has 7 saturated heterocycles. The second-order valence-electron chi connectivity index (χ2n) is 29.9. The molecule has 11 aliphatic rings. The molecule has 3 saturated carbocycles. The number of carbonyl (C=O) groups is 3. The van der Waals surface area contributed by atoms with Crippen molar-refractivity contribution in [1.82, 2.24) is 0 Å². The number of Topliss-reactive ketones (excluding diaryl/α,β-unsaturated/α-hetero) is 2. The average Bonchev–Trinajstić information content (AvgIpc) is 1.53. The van der Waals surface area contributed by atoms with Crippen LogP contribution in [0.4, 0.5) is 0 Å². The monoisotopic (exact) mass is 1390 g/mol. The summed E-state index contributed by atoms with van der Waals surface area (Å²) >= 11 is 0. The molecule has 7 heterocycles. The Bertz CT molecular complexity index is 2780. The van der Waals surface area contributed by atoms with Crippen molar-refractivity contribution in [2.24, 2.45) is 39.4 Å². The number of methoxy groups -OCH3 is 2. The van der Waals surface area contributed by atoms with E-state index in [9.17, 15) is 85.9 Å². The van der Waals surface area contributed by atoms with Crippen molar-refractivity contribution in [3.8, 4) is 0 Å². The Morgan fingerprint density at radius 1 is 0.567 bits per heavy atom. The first kappa shape index (κ1) is 75.6.